The lowest BCUT2D eigenvalue weighted by molar-refractivity contribution is 0.317. The van der Waals surface area contributed by atoms with Gasteiger partial charge in [-0.2, -0.15) is 0 Å². The van der Waals surface area contributed by atoms with Crippen molar-refractivity contribution < 1.29 is 4.74 Å². The van der Waals surface area contributed by atoms with Crippen molar-refractivity contribution >= 4 is 33.2 Å². The van der Waals surface area contributed by atoms with E-state index in [2.05, 4.69) is 22.3 Å². The van der Waals surface area contributed by atoms with Gasteiger partial charge in [0.15, 0.2) is 0 Å². The summed E-state index contributed by atoms with van der Waals surface area (Å²) in [7, 11) is 0. The summed E-state index contributed by atoms with van der Waals surface area (Å²) in [5.41, 5.74) is 3.09. The molecule has 20 heavy (non-hydrogen) atoms. The molecule has 0 aliphatic carbocycles. The molecule has 1 aromatic carbocycles. The normalized spacial score (nSPS) is 10.9. The molecule has 0 radical (unpaired) electrons. The summed E-state index contributed by atoms with van der Waals surface area (Å²) in [5, 5.41) is 2.57. The van der Waals surface area contributed by atoms with Crippen molar-refractivity contribution in [1.29, 1.82) is 0 Å². The number of fused-ring (bicyclic) bond motifs is 1. The molecule has 0 bridgehead atoms. The van der Waals surface area contributed by atoms with E-state index < -0.39 is 0 Å². The van der Waals surface area contributed by atoms with Crippen LogP contribution in [0, 0.1) is 0 Å². The Morgan fingerprint density at radius 1 is 1.20 bits per heavy atom. The Kier molecular flexibility index (Phi) is 3.85. The van der Waals surface area contributed by atoms with Gasteiger partial charge in [-0.05, 0) is 24.1 Å². The van der Waals surface area contributed by atoms with Crippen LogP contribution in [0.3, 0.4) is 0 Å². The molecule has 0 saturated carbocycles. The summed E-state index contributed by atoms with van der Waals surface area (Å²) in [6.45, 7) is 2.83. The lowest BCUT2D eigenvalue weighted by atomic mass is 10.1. The second kappa shape index (κ2) is 5.77. The summed E-state index contributed by atoms with van der Waals surface area (Å²) in [6.07, 6.45) is 2.51. The first kappa shape index (κ1) is 13.3. The number of halogens is 1. The second-order valence-electron chi connectivity index (χ2n) is 4.36. The van der Waals surface area contributed by atoms with Crippen LogP contribution in [0.25, 0.3) is 21.3 Å². The minimum atomic E-state index is 0.508. The number of benzene rings is 1. The highest BCUT2D eigenvalue weighted by atomic mass is 35.5. The van der Waals surface area contributed by atoms with Gasteiger partial charge in [0.25, 0.3) is 0 Å². The average Bonchev–Trinajstić information content (AvgIpc) is 2.91. The SMILES string of the molecule is CCCOc1ccc(-c2csc3c(Cl)ncnc23)cc1. The number of rotatable bonds is 4. The fourth-order valence-electron chi connectivity index (χ4n) is 1.98. The molecule has 102 valence electrons. The number of aromatic nitrogens is 2. The molecular weight excluding hydrogens is 292 g/mol. The van der Waals surface area contributed by atoms with Crippen molar-refractivity contribution in [1.82, 2.24) is 9.97 Å². The van der Waals surface area contributed by atoms with Crippen molar-refractivity contribution in [3.63, 3.8) is 0 Å². The number of hydrogen-bond acceptors (Lipinski definition) is 4. The number of nitrogens with zero attached hydrogens (tertiary/aromatic N) is 2. The Balaban J connectivity index is 1.97. The Morgan fingerprint density at radius 3 is 2.75 bits per heavy atom. The van der Waals surface area contributed by atoms with E-state index in [1.807, 2.05) is 24.3 Å². The van der Waals surface area contributed by atoms with Gasteiger partial charge in [0.2, 0.25) is 0 Å². The third-order valence-electron chi connectivity index (χ3n) is 2.95. The van der Waals surface area contributed by atoms with Crippen LogP contribution in [0.1, 0.15) is 13.3 Å². The van der Waals surface area contributed by atoms with Gasteiger partial charge < -0.3 is 4.74 Å². The molecular formula is C15H13ClN2OS. The maximum Gasteiger partial charge on any atom is 0.150 e. The molecule has 0 amide bonds. The van der Waals surface area contributed by atoms with Gasteiger partial charge in [-0.3, -0.25) is 0 Å². The molecule has 2 heterocycles. The zero-order valence-electron chi connectivity index (χ0n) is 11.0. The summed E-state index contributed by atoms with van der Waals surface area (Å²) in [4.78, 5) is 8.34. The standard InChI is InChI=1S/C15H13ClN2OS/c1-2-7-19-11-5-3-10(4-6-11)12-8-20-14-13(12)17-9-18-15(14)16/h3-6,8-9H,2,7H2,1H3. The predicted octanol–water partition coefficient (Wildman–Crippen LogP) is 4.80. The summed E-state index contributed by atoms with van der Waals surface area (Å²) in [5.74, 6) is 0.891. The minimum Gasteiger partial charge on any atom is -0.494 e. The zero-order chi connectivity index (χ0) is 13.9. The van der Waals surface area contributed by atoms with Gasteiger partial charge in [-0.1, -0.05) is 30.7 Å². The highest BCUT2D eigenvalue weighted by molar-refractivity contribution is 7.18. The molecule has 0 aliphatic rings. The fourth-order valence-corrected chi connectivity index (χ4v) is 3.15. The number of hydrogen-bond donors (Lipinski definition) is 0. The topological polar surface area (TPSA) is 35.0 Å². The van der Waals surface area contributed by atoms with Crippen LogP contribution in [-0.2, 0) is 0 Å². The van der Waals surface area contributed by atoms with Gasteiger partial charge >= 0.3 is 0 Å². The van der Waals surface area contributed by atoms with Crippen LogP contribution >= 0.6 is 22.9 Å². The van der Waals surface area contributed by atoms with E-state index >= 15 is 0 Å². The van der Waals surface area contributed by atoms with E-state index in [9.17, 15) is 0 Å². The molecule has 0 fully saturated rings. The first-order chi connectivity index (χ1) is 9.79. The highest BCUT2D eigenvalue weighted by Gasteiger charge is 2.10. The number of ether oxygens (including phenoxy) is 1. The average molecular weight is 305 g/mol. The Bertz CT molecular complexity index is 724. The monoisotopic (exact) mass is 304 g/mol. The van der Waals surface area contributed by atoms with Crippen molar-refractivity contribution in [2.75, 3.05) is 6.61 Å². The van der Waals surface area contributed by atoms with Crippen molar-refractivity contribution in [3.05, 3.63) is 41.1 Å². The summed E-state index contributed by atoms with van der Waals surface area (Å²) < 4.78 is 6.52. The van der Waals surface area contributed by atoms with E-state index in [1.165, 1.54) is 6.33 Å². The Hall–Kier alpha value is -1.65. The van der Waals surface area contributed by atoms with Gasteiger partial charge in [0, 0.05) is 10.9 Å². The van der Waals surface area contributed by atoms with Gasteiger partial charge in [0.1, 0.15) is 17.2 Å². The third-order valence-corrected chi connectivity index (χ3v) is 4.32. The van der Waals surface area contributed by atoms with E-state index in [-0.39, 0.29) is 0 Å². The fraction of sp³-hybridized carbons (Fsp3) is 0.200. The maximum absolute atomic E-state index is 6.08. The third kappa shape index (κ3) is 2.49. The minimum absolute atomic E-state index is 0.508. The van der Waals surface area contributed by atoms with E-state index in [1.54, 1.807) is 11.3 Å². The van der Waals surface area contributed by atoms with Crippen molar-refractivity contribution in [2.24, 2.45) is 0 Å². The Labute approximate surface area is 126 Å². The molecule has 3 nitrogen and oxygen atoms in total. The van der Waals surface area contributed by atoms with Crippen LogP contribution in [0.2, 0.25) is 5.15 Å². The van der Waals surface area contributed by atoms with Crippen LogP contribution < -0.4 is 4.74 Å². The van der Waals surface area contributed by atoms with Crippen LogP contribution in [0.5, 0.6) is 5.75 Å². The molecule has 0 unspecified atom stereocenters. The molecule has 3 aromatic rings. The van der Waals surface area contributed by atoms with Gasteiger partial charge in [-0.25, -0.2) is 9.97 Å². The Morgan fingerprint density at radius 2 is 2.00 bits per heavy atom. The summed E-state index contributed by atoms with van der Waals surface area (Å²) >= 11 is 7.64. The zero-order valence-corrected chi connectivity index (χ0v) is 12.5. The molecule has 3 rings (SSSR count). The lowest BCUT2D eigenvalue weighted by Gasteiger charge is -2.05. The molecule has 2 aromatic heterocycles. The maximum atomic E-state index is 6.08. The lowest BCUT2D eigenvalue weighted by Crippen LogP contribution is -1.94. The first-order valence-electron chi connectivity index (χ1n) is 6.40. The van der Waals surface area contributed by atoms with E-state index in [4.69, 9.17) is 16.3 Å². The van der Waals surface area contributed by atoms with Gasteiger partial charge in [-0.15, -0.1) is 11.3 Å². The first-order valence-corrected chi connectivity index (χ1v) is 7.66. The van der Waals surface area contributed by atoms with Crippen LogP contribution in [0.15, 0.2) is 36.0 Å². The molecule has 0 atom stereocenters. The quantitative estimate of drug-likeness (QED) is 0.649. The second-order valence-corrected chi connectivity index (χ2v) is 5.60. The van der Waals surface area contributed by atoms with E-state index in [0.717, 1.165) is 40.1 Å². The highest BCUT2D eigenvalue weighted by Crippen LogP contribution is 2.35. The molecule has 0 aliphatic heterocycles. The van der Waals surface area contributed by atoms with Gasteiger partial charge in [0.05, 0.1) is 16.8 Å². The molecule has 0 N–H and O–H groups in total. The number of thiophene rings is 1. The van der Waals surface area contributed by atoms with Crippen molar-refractivity contribution in [2.45, 2.75) is 13.3 Å². The predicted molar refractivity (Wildman–Crippen MR) is 83.6 cm³/mol. The van der Waals surface area contributed by atoms with Crippen LogP contribution in [-0.4, -0.2) is 16.6 Å². The molecule has 0 spiro atoms. The van der Waals surface area contributed by atoms with Crippen molar-refractivity contribution in [3.8, 4) is 16.9 Å². The summed E-state index contributed by atoms with van der Waals surface area (Å²) in [6, 6.07) is 8.06. The van der Waals surface area contributed by atoms with E-state index in [0.29, 0.717) is 5.15 Å². The largest absolute Gasteiger partial charge is 0.494 e. The molecule has 5 heteroatoms. The van der Waals surface area contributed by atoms with Crippen LogP contribution in [0.4, 0.5) is 0 Å². The molecule has 0 saturated heterocycles. The smallest absolute Gasteiger partial charge is 0.150 e.